The lowest BCUT2D eigenvalue weighted by Gasteiger charge is -2.26. The van der Waals surface area contributed by atoms with Crippen LogP contribution >= 0.6 is 11.6 Å². The third-order valence-electron chi connectivity index (χ3n) is 5.69. The Hall–Kier alpha value is -3.47. The van der Waals surface area contributed by atoms with Gasteiger partial charge in [0.25, 0.3) is 5.91 Å². The maximum atomic E-state index is 13.4. The summed E-state index contributed by atoms with van der Waals surface area (Å²) in [6.07, 6.45) is -3.96. The zero-order valence-electron chi connectivity index (χ0n) is 17.7. The number of nitrogens with zero attached hydrogens (tertiary/aromatic N) is 3. The molecule has 0 bridgehead atoms. The maximum Gasteiger partial charge on any atom is 0.490 e. The van der Waals surface area contributed by atoms with Crippen LogP contribution in [0.3, 0.4) is 0 Å². The number of aromatic nitrogens is 3. The number of nitrogens with one attached hydrogen (secondary N) is 1. The number of benzene rings is 1. The summed E-state index contributed by atoms with van der Waals surface area (Å²) in [6, 6.07) is 11.2. The van der Waals surface area contributed by atoms with Gasteiger partial charge in [0.05, 0.1) is 5.02 Å². The summed E-state index contributed by atoms with van der Waals surface area (Å²) < 4.78 is 49.9. The van der Waals surface area contributed by atoms with Gasteiger partial charge in [-0.3, -0.25) is 4.79 Å². The molecule has 2 unspecified atom stereocenters. The molecule has 3 aromatic rings. The molecule has 0 aliphatic heterocycles. The summed E-state index contributed by atoms with van der Waals surface area (Å²) in [5.41, 5.74) is -2.88. The molecule has 4 rings (SSSR count). The molecule has 12 heteroatoms. The number of esters is 1. The van der Waals surface area contributed by atoms with Gasteiger partial charge in [-0.2, -0.15) is 13.2 Å². The summed E-state index contributed by atoms with van der Waals surface area (Å²) in [6.45, 7) is 1.60. The Morgan fingerprint density at radius 3 is 2.50 bits per heavy atom. The van der Waals surface area contributed by atoms with E-state index in [9.17, 15) is 22.8 Å². The fourth-order valence-corrected chi connectivity index (χ4v) is 4.14. The van der Waals surface area contributed by atoms with Crippen LogP contribution in [0.2, 0.25) is 5.02 Å². The third-order valence-corrected chi connectivity index (χ3v) is 5.92. The number of alkyl halides is 3. The van der Waals surface area contributed by atoms with E-state index in [4.69, 9.17) is 20.8 Å². The highest BCUT2D eigenvalue weighted by Gasteiger charge is 2.76. The van der Waals surface area contributed by atoms with Crippen LogP contribution in [0.4, 0.5) is 19.0 Å². The van der Waals surface area contributed by atoms with E-state index >= 15 is 0 Å². The molecule has 178 valence electrons. The van der Waals surface area contributed by atoms with Crippen LogP contribution in [0.15, 0.2) is 53.1 Å². The lowest BCUT2D eigenvalue weighted by atomic mass is 9.86. The Bertz CT molecular complexity index is 1200. The Morgan fingerprint density at radius 2 is 1.91 bits per heavy atom. The molecular weight excluding hydrogens is 477 g/mol. The van der Waals surface area contributed by atoms with Gasteiger partial charge in [-0.1, -0.05) is 41.9 Å². The molecule has 8 nitrogen and oxygen atoms in total. The van der Waals surface area contributed by atoms with Gasteiger partial charge < -0.3 is 14.5 Å². The summed E-state index contributed by atoms with van der Waals surface area (Å²) in [5, 5.41) is 10.4. The van der Waals surface area contributed by atoms with E-state index < -0.39 is 29.1 Å². The molecule has 1 aliphatic rings. The Morgan fingerprint density at radius 1 is 1.18 bits per heavy atom. The average Bonchev–Trinajstić information content (AvgIpc) is 3.27. The van der Waals surface area contributed by atoms with E-state index in [1.807, 2.05) is 0 Å². The van der Waals surface area contributed by atoms with Gasteiger partial charge in [0.15, 0.2) is 0 Å². The van der Waals surface area contributed by atoms with Crippen molar-refractivity contribution in [3.63, 3.8) is 0 Å². The summed E-state index contributed by atoms with van der Waals surface area (Å²) >= 11 is 5.81. The van der Waals surface area contributed by atoms with Gasteiger partial charge in [-0.25, -0.2) is 9.78 Å². The van der Waals surface area contributed by atoms with Gasteiger partial charge in [0.1, 0.15) is 5.82 Å². The number of pyridine rings is 1. The normalized spacial score (nSPS) is 21.7. The van der Waals surface area contributed by atoms with Crippen molar-refractivity contribution in [1.29, 1.82) is 0 Å². The van der Waals surface area contributed by atoms with Crippen LogP contribution < -0.4 is 5.32 Å². The fraction of sp³-hybridized carbons (Fsp3) is 0.318. The van der Waals surface area contributed by atoms with Gasteiger partial charge in [0.2, 0.25) is 17.4 Å². The van der Waals surface area contributed by atoms with Crippen molar-refractivity contribution in [3.05, 3.63) is 71.0 Å². The van der Waals surface area contributed by atoms with Gasteiger partial charge >= 0.3 is 12.1 Å². The quantitative estimate of drug-likeness (QED) is 0.491. The lowest BCUT2D eigenvalue weighted by Crippen LogP contribution is -2.44. The van der Waals surface area contributed by atoms with Gasteiger partial charge in [-0.05, 0) is 24.1 Å². The topological polar surface area (TPSA) is 107 Å². The molecular formula is C22H18ClF3N4O4. The number of halogens is 4. The van der Waals surface area contributed by atoms with E-state index in [0.717, 1.165) is 0 Å². The van der Waals surface area contributed by atoms with Crippen molar-refractivity contribution in [3.8, 4) is 0 Å². The van der Waals surface area contributed by atoms with E-state index in [2.05, 4.69) is 20.5 Å². The SMILES string of the molecule is Cc1nnc(CCC2(c3ccccc3)CC2(OC(=O)C(F)(F)F)C(=O)Nc2ccc(Cl)cn2)o1. The summed E-state index contributed by atoms with van der Waals surface area (Å²) in [5.74, 6) is -2.79. The molecule has 0 saturated heterocycles. The Kier molecular flexibility index (Phi) is 6.07. The minimum atomic E-state index is -5.29. The molecule has 34 heavy (non-hydrogen) atoms. The number of hydrogen-bond donors (Lipinski definition) is 1. The summed E-state index contributed by atoms with van der Waals surface area (Å²) in [4.78, 5) is 29.2. The number of hydrogen-bond acceptors (Lipinski definition) is 7. The number of carbonyl (C=O) groups excluding carboxylic acids is 2. The molecule has 1 fully saturated rings. The number of aryl methyl sites for hydroxylation is 2. The highest BCUT2D eigenvalue weighted by molar-refractivity contribution is 6.30. The molecule has 1 N–H and O–H groups in total. The molecule has 2 atom stereocenters. The van der Waals surface area contributed by atoms with E-state index in [1.54, 1.807) is 37.3 Å². The van der Waals surface area contributed by atoms with Crippen molar-refractivity contribution < 1.29 is 31.9 Å². The minimum Gasteiger partial charge on any atom is -0.441 e. The molecule has 1 saturated carbocycles. The molecule has 2 aromatic heterocycles. The second kappa shape index (κ2) is 8.71. The first-order valence-corrected chi connectivity index (χ1v) is 10.5. The van der Waals surface area contributed by atoms with Crippen LogP contribution in [0, 0.1) is 6.92 Å². The molecule has 1 aliphatic carbocycles. The number of ether oxygens (including phenoxy) is 1. The maximum absolute atomic E-state index is 13.4. The predicted molar refractivity (Wildman–Crippen MR) is 113 cm³/mol. The smallest absolute Gasteiger partial charge is 0.441 e. The highest BCUT2D eigenvalue weighted by atomic mass is 35.5. The molecule has 0 spiro atoms. The molecule has 1 amide bonds. The molecule has 0 radical (unpaired) electrons. The standard InChI is InChI=1S/C22H18ClF3N4O4/c1-13-29-30-17(33-13)9-10-20(14-5-3-2-4-6-14)12-21(20,34-19(32)22(24,25)26)18(31)28-16-8-7-15(23)11-27-16/h2-8,11H,9-10,12H2,1H3,(H,27,28,31). The first-order valence-electron chi connectivity index (χ1n) is 10.1. The zero-order chi connectivity index (χ0) is 24.6. The zero-order valence-corrected chi connectivity index (χ0v) is 18.5. The van der Waals surface area contributed by atoms with E-state index in [0.29, 0.717) is 16.5 Å². The predicted octanol–water partition coefficient (Wildman–Crippen LogP) is 4.18. The van der Waals surface area contributed by atoms with Crippen molar-refractivity contribution in [1.82, 2.24) is 15.2 Å². The highest BCUT2D eigenvalue weighted by Crippen LogP contribution is 2.63. The van der Waals surface area contributed by atoms with E-state index in [-0.39, 0.29) is 31.0 Å². The van der Waals surface area contributed by atoms with Crippen molar-refractivity contribution >= 4 is 29.3 Å². The number of carbonyl (C=O) groups is 2. The number of anilines is 1. The van der Waals surface area contributed by atoms with Gasteiger partial charge in [0, 0.05) is 31.4 Å². The lowest BCUT2D eigenvalue weighted by molar-refractivity contribution is -0.208. The van der Waals surface area contributed by atoms with Crippen LogP contribution in [-0.2, 0) is 26.2 Å². The van der Waals surface area contributed by atoms with Crippen molar-refractivity contribution in [2.75, 3.05) is 5.32 Å². The van der Waals surface area contributed by atoms with Crippen molar-refractivity contribution in [2.24, 2.45) is 0 Å². The second-order valence-corrected chi connectivity index (χ2v) is 8.31. The monoisotopic (exact) mass is 494 g/mol. The Labute approximate surface area is 196 Å². The number of amides is 1. The fourth-order valence-electron chi connectivity index (χ4n) is 4.03. The largest absolute Gasteiger partial charge is 0.490 e. The average molecular weight is 495 g/mol. The summed E-state index contributed by atoms with van der Waals surface area (Å²) in [7, 11) is 0. The molecule has 1 aromatic carbocycles. The van der Waals surface area contributed by atoms with E-state index in [1.165, 1.54) is 18.3 Å². The Balaban J connectivity index is 1.72. The van der Waals surface area contributed by atoms with Crippen molar-refractivity contribution in [2.45, 2.75) is 43.4 Å². The van der Waals surface area contributed by atoms with Crippen LogP contribution in [0.1, 0.15) is 30.2 Å². The first kappa shape index (κ1) is 23.7. The van der Waals surface area contributed by atoms with Gasteiger partial charge in [-0.15, -0.1) is 10.2 Å². The number of rotatable bonds is 7. The van der Waals surface area contributed by atoms with Crippen LogP contribution in [0.5, 0.6) is 0 Å². The minimum absolute atomic E-state index is 0.0400. The molecule has 2 heterocycles. The van der Waals surface area contributed by atoms with Crippen LogP contribution in [0.25, 0.3) is 0 Å². The first-order chi connectivity index (χ1) is 16.1. The second-order valence-electron chi connectivity index (χ2n) is 7.87. The van der Waals surface area contributed by atoms with Crippen LogP contribution in [-0.4, -0.2) is 38.8 Å². The third kappa shape index (κ3) is 4.47.